The maximum Gasteiger partial charge on any atom is 0.280 e. The normalized spacial score (nSPS) is 16.4. The van der Waals surface area contributed by atoms with Crippen LogP contribution in [0.1, 0.15) is 28.2 Å². The predicted octanol–water partition coefficient (Wildman–Crippen LogP) is 1.39. The molecule has 0 radical (unpaired) electrons. The molecule has 3 aromatic rings. The minimum atomic E-state index is -0.561. The topological polar surface area (TPSA) is 114 Å². The van der Waals surface area contributed by atoms with Gasteiger partial charge in [-0.15, -0.1) is 0 Å². The lowest BCUT2D eigenvalue weighted by atomic mass is 9.92. The number of rotatable bonds is 2. The number of hydrogen-bond donors (Lipinski definition) is 3. The lowest BCUT2D eigenvalue weighted by Gasteiger charge is -2.21. The van der Waals surface area contributed by atoms with Gasteiger partial charge in [0, 0.05) is 17.1 Å². The van der Waals surface area contributed by atoms with Crippen molar-refractivity contribution in [2.45, 2.75) is 25.3 Å². The molecule has 1 aliphatic rings. The summed E-state index contributed by atoms with van der Waals surface area (Å²) in [5.41, 5.74) is 8.60. The first-order valence-electron chi connectivity index (χ1n) is 8.14. The van der Waals surface area contributed by atoms with Gasteiger partial charge < -0.3 is 11.1 Å². The second-order valence-electron chi connectivity index (χ2n) is 6.23. The number of para-hydroxylation sites is 1. The third-order valence-electron chi connectivity index (χ3n) is 4.44. The van der Waals surface area contributed by atoms with Crippen LogP contribution in [-0.2, 0) is 12.8 Å². The summed E-state index contributed by atoms with van der Waals surface area (Å²) in [4.78, 5) is 29.3. The number of fused-ring (bicyclic) bond motifs is 2. The second-order valence-corrected chi connectivity index (χ2v) is 6.23. The quantitative estimate of drug-likeness (QED) is 0.655. The Balaban J connectivity index is 1.63. The number of carbonyl (C=O) groups excluding carboxylic acids is 1. The molecule has 0 aliphatic heterocycles. The highest BCUT2D eigenvalue weighted by Crippen LogP contribution is 2.21. The number of nitrogens with zero attached hydrogens (tertiary/aromatic N) is 2. The minimum absolute atomic E-state index is 0.116. The second kappa shape index (κ2) is 6.10. The zero-order chi connectivity index (χ0) is 17.4. The van der Waals surface area contributed by atoms with Crippen LogP contribution in [0.5, 0.6) is 0 Å². The number of H-pyrrole nitrogens is 1. The van der Waals surface area contributed by atoms with E-state index in [4.69, 9.17) is 5.73 Å². The molecular weight excluding hydrogens is 318 g/mol. The SMILES string of the molecule is NC1CCc2ncc(NC(=O)c3n[nH]c4ccccc4c3=O)cc2C1. The number of aromatic nitrogens is 3. The summed E-state index contributed by atoms with van der Waals surface area (Å²) in [6, 6.07) is 8.93. The summed E-state index contributed by atoms with van der Waals surface area (Å²) >= 11 is 0. The Morgan fingerprint density at radius 1 is 1.32 bits per heavy atom. The Hall–Kier alpha value is -3.06. The van der Waals surface area contributed by atoms with Gasteiger partial charge in [0.15, 0.2) is 5.69 Å². The van der Waals surface area contributed by atoms with Crippen molar-refractivity contribution in [2.24, 2.45) is 5.73 Å². The van der Waals surface area contributed by atoms with Gasteiger partial charge in [0.2, 0.25) is 5.43 Å². The number of aromatic amines is 1. The monoisotopic (exact) mass is 335 g/mol. The van der Waals surface area contributed by atoms with Crippen molar-refractivity contribution in [1.82, 2.24) is 15.2 Å². The average molecular weight is 335 g/mol. The molecule has 0 saturated carbocycles. The van der Waals surface area contributed by atoms with Crippen molar-refractivity contribution in [1.29, 1.82) is 0 Å². The van der Waals surface area contributed by atoms with Crippen LogP contribution in [0, 0.1) is 0 Å². The van der Waals surface area contributed by atoms with Crippen molar-refractivity contribution in [2.75, 3.05) is 5.32 Å². The Labute approximate surface area is 143 Å². The molecule has 0 spiro atoms. The van der Waals surface area contributed by atoms with Gasteiger partial charge in [0.05, 0.1) is 17.4 Å². The standard InChI is InChI=1S/C18H17N5O2/c19-11-5-6-14-10(7-11)8-12(9-20-14)21-18(25)16-17(24)13-3-1-2-4-15(13)22-23-16/h1-4,8-9,11H,5-7,19H2,(H,21,25)(H,22,24). The van der Waals surface area contributed by atoms with Gasteiger partial charge in [-0.05, 0) is 43.0 Å². The largest absolute Gasteiger partial charge is 0.327 e. The fraction of sp³-hybridized carbons (Fsp3) is 0.222. The molecule has 1 aliphatic carbocycles. The zero-order valence-corrected chi connectivity index (χ0v) is 13.5. The molecule has 126 valence electrons. The summed E-state index contributed by atoms with van der Waals surface area (Å²) in [7, 11) is 0. The maximum atomic E-state index is 12.5. The van der Waals surface area contributed by atoms with Gasteiger partial charge in [-0.1, -0.05) is 12.1 Å². The Morgan fingerprint density at radius 3 is 3.04 bits per heavy atom. The molecule has 2 aromatic heterocycles. The van der Waals surface area contributed by atoms with Crippen LogP contribution in [0.3, 0.4) is 0 Å². The summed E-state index contributed by atoms with van der Waals surface area (Å²) < 4.78 is 0. The van der Waals surface area contributed by atoms with Gasteiger partial charge in [-0.3, -0.25) is 19.7 Å². The lowest BCUT2D eigenvalue weighted by molar-refractivity contribution is 0.102. The molecule has 7 heteroatoms. The van der Waals surface area contributed by atoms with E-state index in [2.05, 4.69) is 20.5 Å². The number of hydrogen-bond acceptors (Lipinski definition) is 5. The van der Waals surface area contributed by atoms with Gasteiger partial charge in [0.25, 0.3) is 5.91 Å². The van der Waals surface area contributed by atoms with E-state index < -0.39 is 11.3 Å². The first-order chi connectivity index (χ1) is 12.1. The summed E-state index contributed by atoms with van der Waals surface area (Å²) in [5, 5.41) is 9.78. The number of amides is 1. The lowest BCUT2D eigenvalue weighted by Crippen LogP contribution is -2.29. The summed E-state index contributed by atoms with van der Waals surface area (Å²) in [6.45, 7) is 0. The number of nitrogens with two attached hydrogens (primary N) is 1. The van der Waals surface area contributed by atoms with Crippen LogP contribution >= 0.6 is 0 Å². The average Bonchev–Trinajstić information content (AvgIpc) is 2.62. The van der Waals surface area contributed by atoms with E-state index in [0.717, 1.165) is 30.5 Å². The van der Waals surface area contributed by atoms with E-state index in [-0.39, 0.29) is 11.7 Å². The molecule has 7 nitrogen and oxygen atoms in total. The number of anilines is 1. The molecule has 1 atom stereocenters. The highest BCUT2D eigenvalue weighted by molar-refractivity contribution is 6.04. The summed E-state index contributed by atoms with van der Waals surface area (Å²) in [5.74, 6) is -0.561. The summed E-state index contributed by atoms with van der Waals surface area (Å²) in [6.07, 6.45) is 4.10. The first kappa shape index (κ1) is 15.5. The van der Waals surface area contributed by atoms with Gasteiger partial charge in [-0.2, -0.15) is 5.10 Å². The van der Waals surface area contributed by atoms with E-state index in [0.29, 0.717) is 16.6 Å². The molecule has 4 N–H and O–H groups in total. The van der Waals surface area contributed by atoms with Gasteiger partial charge >= 0.3 is 0 Å². The van der Waals surface area contributed by atoms with Crippen molar-refractivity contribution in [3.8, 4) is 0 Å². The number of benzene rings is 1. The Kier molecular flexibility index (Phi) is 3.77. The molecule has 0 saturated heterocycles. The number of carbonyl (C=O) groups is 1. The number of nitrogens with one attached hydrogen (secondary N) is 2. The van der Waals surface area contributed by atoms with E-state index in [1.54, 1.807) is 30.5 Å². The Bertz CT molecular complexity index is 1030. The molecule has 1 aromatic carbocycles. The van der Waals surface area contributed by atoms with Crippen LogP contribution < -0.4 is 16.5 Å². The molecule has 0 bridgehead atoms. The molecule has 1 unspecified atom stereocenters. The van der Waals surface area contributed by atoms with Crippen LogP contribution in [0.2, 0.25) is 0 Å². The van der Waals surface area contributed by atoms with Crippen LogP contribution in [0.15, 0.2) is 41.3 Å². The van der Waals surface area contributed by atoms with E-state index >= 15 is 0 Å². The minimum Gasteiger partial charge on any atom is -0.327 e. The molecule has 0 fully saturated rings. The predicted molar refractivity (Wildman–Crippen MR) is 94.6 cm³/mol. The van der Waals surface area contributed by atoms with Gasteiger partial charge in [0.1, 0.15) is 0 Å². The molecule has 4 rings (SSSR count). The van der Waals surface area contributed by atoms with Crippen LogP contribution in [-0.4, -0.2) is 27.1 Å². The molecule has 25 heavy (non-hydrogen) atoms. The smallest absolute Gasteiger partial charge is 0.280 e. The van der Waals surface area contributed by atoms with Crippen LogP contribution in [0.4, 0.5) is 5.69 Å². The number of aryl methyl sites for hydroxylation is 1. The molecule has 2 heterocycles. The van der Waals surface area contributed by atoms with E-state index in [9.17, 15) is 9.59 Å². The van der Waals surface area contributed by atoms with Crippen molar-refractivity contribution in [3.63, 3.8) is 0 Å². The fourth-order valence-corrected chi connectivity index (χ4v) is 3.13. The third kappa shape index (κ3) is 2.89. The first-order valence-corrected chi connectivity index (χ1v) is 8.14. The van der Waals surface area contributed by atoms with E-state index in [1.165, 1.54) is 0 Å². The Morgan fingerprint density at radius 2 is 2.16 bits per heavy atom. The third-order valence-corrected chi connectivity index (χ3v) is 4.44. The van der Waals surface area contributed by atoms with Gasteiger partial charge in [-0.25, -0.2) is 0 Å². The zero-order valence-electron chi connectivity index (χ0n) is 13.5. The van der Waals surface area contributed by atoms with Crippen molar-refractivity contribution >= 4 is 22.5 Å². The van der Waals surface area contributed by atoms with Crippen molar-refractivity contribution < 1.29 is 4.79 Å². The maximum absolute atomic E-state index is 12.5. The highest BCUT2D eigenvalue weighted by atomic mass is 16.2. The fourth-order valence-electron chi connectivity index (χ4n) is 3.13. The number of pyridine rings is 1. The van der Waals surface area contributed by atoms with Crippen molar-refractivity contribution in [3.05, 3.63) is 63.7 Å². The molecular formula is C18H17N5O2. The molecule has 1 amide bonds. The van der Waals surface area contributed by atoms with E-state index in [1.807, 2.05) is 6.07 Å². The highest BCUT2D eigenvalue weighted by Gasteiger charge is 2.19. The van der Waals surface area contributed by atoms with Crippen LogP contribution in [0.25, 0.3) is 10.9 Å².